The average molecular weight is 291 g/mol. The van der Waals surface area contributed by atoms with E-state index in [1.54, 1.807) is 0 Å². The lowest BCUT2D eigenvalue weighted by Crippen LogP contribution is -2.30. The van der Waals surface area contributed by atoms with Gasteiger partial charge in [0.05, 0.1) is 6.61 Å². The predicted octanol–water partition coefficient (Wildman–Crippen LogP) is 4.90. The van der Waals surface area contributed by atoms with E-state index in [9.17, 15) is 4.79 Å². The van der Waals surface area contributed by atoms with E-state index >= 15 is 0 Å². The van der Waals surface area contributed by atoms with E-state index < -0.39 is 22.3 Å². The minimum atomic E-state index is -1.15. The van der Waals surface area contributed by atoms with Gasteiger partial charge in [0.1, 0.15) is 0 Å². The quantitative estimate of drug-likeness (QED) is 0.373. The summed E-state index contributed by atoms with van der Waals surface area (Å²) in [6, 6.07) is 4.27. The highest BCUT2D eigenvalue weighted by atomic mass is 28.3. The van der Waals surface area contributed by atoms with E-state index in [0.717, 1.165) is 12.8 Å². The second-order valence-corrected chi connectivity index (χ2v) is 18.1. The molecule has 3 nitrogen and oxygen atoms in total. The van der Waals surface area contributed by atoms with Crippen molar-refractivity contribution in [3.63, 3.8) is 0 Å². The van der Waals surface area contributed by atoms with E-state index in [4.69, 9.17) is 5.11 Å². The zero-order chi connectivity index (χ0) is 14.2. The Morgan fingerprint density at radius 1 is 0.944 bits per heavy atom. The molecule has 0 aromatic carbocycles. The van der Waals surface area contributed by atoms with Gasteiger partial charge in [-0.25, -0.2) is 4.79 Å². The largest absolute Gasteiger partial charge is 0.505 e. The first kappa shape index (κ1) is 17.7. The lowest BCUT2D eigenvalue weighted by atomic mass is 10.3. The van der Waals surface area contributed by atoms with E-state index in [2.05, 4.69) is 37.5 Å². The van der Waals surface area contributed by atoms with Gasteiger partial charge in [-0.2, -0.15) is 0 Å². The molecule has 0 spiro atoms. The van der Waals surface area contributed by atoms with E-state index in [0.29, 0.717) is 6.61 Å². The maximum Gasteiger partial charge on any atom is 0.505 e. The van der Waals surface area contributed by atoms with Gasteiger partial charge in [0, 0.05) is 16.1 Å². The number of ether oxygens (including phenoxy) is 1. The third-order valence-corrected chi connectivity index (χ3v) is 8.84. The van der Waals surface area contributed by atoms with Crippen molar-refractivity contribution in [2.75, 3.05) is 6.61 Å². The SMILES string of the molecule is C[Si](C)(C)CC[Si](C)(C)CCCCCOC(=O)O. The van der Waals surface area contributed by atoms with Crippen molar-refractivity contribution in [3.05, 3.63) is 0 Å². The molecule has 1 N–H and O–H groups in total. The first-order valence-electron chi connectivity index (χ1n) is 6.98. The zero-order valence-corrected chi connectivity index (χ0v) is 14.7. The molecule has 0 fully saturated rings. The van der Waals surface area contributed by atoms with Crippen LogP contribution >= 0.6 is 0 Å². The maximum atomic E-state index is 10.2. The van der Waals surface area contributed by atoms with Crippen molar-refractivity contribution in [3.8, 4) is 0 Å². The maximum absolute atomic E-state index is 10.2. The molecule has 0 radical (unpaired) electrons. The summed E-state index contributed by atoms with van der Waals surface area (Å²) in [6.07, 6.45) is 2.04. The number of carbonyl (C=O) groups is 1. The van der Waals surface area contributed by atoms with Crippen LogP contribution in [-0.2, 0) is 4.74 Å². The van der Waals surface area contributed by atoms with Crippen LogP contribution in [0.4, 0.5) is 4.79 Å². The van der Waals surface area contributed by atoms with Crippen molar-refractivity contribution in [1.82, 2.24) is 0 Å². The fraction of sp³-hybridized carbons (Fsp3) is 0.923. The topological polar surface area (TPSA) is 46.5 Å². The molecule has 0 amide bonds. The third kappa shape index (κ3) is 12.2. The summed E-state index contributed by atoms with van der Waals surface area (Å²) >= 11 is 0. The Hall–Kier alpha value is -0.296. The summed E-state index contributed by atoms with van der Waals surface area (Å²) < 4.78 is 4.50. The first-order chi connectivity index (χ1) is 8.12. The number of rotatable bonds is 9. The van der Waals surface area contributed by atoms with Gasteiger partial charge < -0.3 is 9.84 Å². The van der Waals surface area contributed by atoms with Gasteiger partial charge in [-0.1, -0.05) is 63.7 Å². The monoisotopic (exact) mass is 290 g/mol. The van der Waals surface area contributed by atoms with Gasteiger partial charge in [0.2, 0.25) is 0 Å². The predicted molar refractivity (Wildman–Crippen MR) is 83.1 cm³/mol. The van der Waals surface area contributed by atoms with Crippen LogP contribution in [0.5, 0.6) is 0 Å². The molecule has 0 saturated carbocycles. The van der Waals surface area contributed by atoms with Crippen molar-refractivity contribution in [2.24, 2.45) is 0 Å². The Morgan fingerprint density at radius 2 is 1.56 bits per heavy atom. The minimum absolute atomic E-state index is 0.353. The normalized spacial score (nSPS) is 12.5. The number of unbranched alkanes of at least 4 members (excludes halogenated alkanes) is 2. The van der Waals surface area contributed by atoms with Crippen molar-refractivity contribution in [1.29, 1.82) is 0 Å². The lowest BCUT2D eigenvalue weighted by molar-refractivity contribution is 0.0901. The average Bonchev–Trinajstić information content (AvgIpc) is 2.19. The second kappa shape index (κ2) is 7.99. The molecular weight excluding hydrogens is 260 g/mol. The highest BCUT2D eigenvalue weighted by Crippen LogP contribution is 2.25. The van der Waals surface area contributed by atoms with Crippen molar-refractivity contribution < 1.29 is 14.6 Å². The molecule has 0 unspecified atom stereocenters. The van der Waals surface area contributed by atoms with Crippen molar-refractivity contribution in [2.45, 2.75) is 70.1 Å². The Bertz CT molecular complexity index is 247. The van der Waals surface area contributed by atoms with Gasteiger partial charge in [-0.05, 0) is 6.42 Å². The highest BCUT2D eigenvalue weighted by molar-refractivity contribution is 6.82. The van der Waals surface area contributed by atoms with Crippen LogP contribution in [0, 0.1) is 0 Å². The van der Waals surface area contributed by atoms with Crippen LogP contribution in [0.25, 0.3) is 0 Å². The standard InChI is InChI=1S/C13H30O3Si2/c1-17(2,3)11-12-18(4,5)10-8-6-7-9-16-13(14)15/h6-12H2,1-5H3,(H,14,15). The minimum Gasteiger partial charge on any atom is -0.450 e. The Kier molecular flexibility index (Phi) is 7.86. The summed E-state index contributed by atoms with van der Waals surface area (Å²) in [5, 5.41) is 8.33. The van der Waals surface area contributed by atoms with E-state index in [1.807, 2.05) is 0 Å². The summed E-state index contributed by atoms with van der Waals surface area (Å²) in [5.41, 5.74) is 0. The van der Waals surface area contributed by atoms with E-state index in [1.165, 1.54) is 24.6 Å². The van der Waals surface area contributed by atoms with Crippen molar-refractivity contribution >= 4 is 22.3 Å². The second-order valence-electron chi connectivity index (χ2n) is 7.15. The summed E-state index contributed by atoms with van der Waals surface area (Å²) in [7, 11) is -1.91. The zero-order valence-electron chi connectivity index (χ0n) is 12.7. The molecule has 0 heterocycles. The number of carboxylic acid groups (broad SMARTS) is 1. The molecule has 0 aliphatic heterocycles. The van der Waals surface area contributed by atoms with Gasteiger partial charge in [-0.15, -0.1) is 0 Å². The number of hydrogen-bond donors (Lipinski definition) is 1. The molecule has 0 rings (SSSR count). The fourth-order valence-electron chi connectivity index (χ4n) is 1.88. The first-order valence-corrected chi connectivity index (χ1v) is 14.1. The summed E-state index contributed by atoms with van der Waals surface area (Å²) in [6.45, 7) is 12.7. The molecule has 0 aromatic rings. The molecule has 108 valence electrons. The van der Waals surface area contributed by atoms with Crippen LogP contribution in [0.2, 0.25) is 50.9 Å². The molecular formula is C13H30O3Si2. The molecule has 5 heteroatoms. The fourth-order valence-corrected chi connectivity index (χ4v) is 9.04. The smallest absolute Gasteiger partial charge is 0.450 e. The summed E-state index contributed by atoms with van der Waals surface area (Å²) in [4.78, 5) is 10.2. The highest BCUT2D eigenvalue weighted by Gasteiger charge is 2.23. The van der Waals surface area contributed by atoms with Crippen LogP contribution in [0.3, 0.4) is 0 Å². The van der Waals surface area contributed by atoms with Gasteiger partial charge in [-0.3, -0.25) is 0 Å². The summed E-state index contributed by atoms with van der Waals surface area (Å²) in [5.74, 6) is 0. The Labute approximate surface area is 114 Å². The van der Waals surface area contributed by atoms with Gasteiger partial charge >= 0.3 is 6.16 Å². The molecule has 0 saturated heterocycles. The van der Waals surface area contributed by atoms with Crippen LogP contribution < -0.4 is 0 Å². The van der Waals surface area contributed by atoms with Crippen LogP contribution in [0.15, 0.2) is 0 Å². The van der Waals surface area contributed by atoms with Crippen LogP contribution in [-0.4, -0.2) is 34.0 Å². The molecule has 0 aliphatic rings. The third-order valence-electron chi connectivity index (χ3n) is 3.28. The lowest BCUT2D eigenvalue weighted by Gasteiger charge is -2.26. The molecule has 0 atom stereocenters. The Morgan fingerprint density at radius 3 is 2.06 bits per heavy atom. The molecule has 0 aliphatic carbocycles. The van der Waals surface area contributed by atoms with E-state index in [-0.39, 0.29) is 0 Å². The van der Waals surface area contributed by atoms with Gasteiger partial charge in [0.25, 0.3) is 0 Å². The molecule has 0 bridgehead atoms. The molecule has 18 heavy (non-hydrogen) atoms. The van der Waals surface area contributed by atoms with Crippen LogP contribution in [0.1, 0.15) is 19.3 Å². The Balaban J connectivity index is 3.61. The van der Waals surface area contributed by atoms with Gasteiger partial charge in [0.15, 0.2) is 0 Å². The molecule has 0 aromatic heterocycles. The number of hydrogen-bond acceptors (Lipinski definition) is 2.